The minimum Gasteiger partial charge on any atom is -0.396 e. The van der Waals surface area contributed by atoms with Crippen LogP contribution in [0.3, 0.4) is 0 Å². The molecule has 0 saturated carbocycles. The van der Waals surface area contributed by atoms with Crippen LogP contribution >= 0.6 is 11.3 Å². The molecule has 3 N–H and O–H groups in total. The minimum absolute atomic E-state index is 0.240. The summed E-state index contributed by atoms with van der Waals surface area (Å²) in [7, 11) is 0. The fourth-order valence-corrected chi connectivity index (χ4v) is 3.04. The van der Waals surface area contributed by atoms with Crippen LogP contribution < -0.4 is 11.1 Å². The summed E-state index contributed by atoms with van der Waals surface area (Å²) in [6, 6.07) is 5.81. The van der Waals surface area contributed by atoms with E-state index >= 15 is 0 Å². The molecule has 0 fully saturated rings. The van der Waals surface area contributed by atoms with E-state index < -0.39 is 23.1 Å². The molecule has 0 aliphatic carbocycles. The number of halogens is 2. The van der Waals surface area contributed by atoms with Crippen molar-refractivity contribution in [1.29, 1.82) is 0 Å². The van der Waals surface area contributed by atoms with E-state index in [4.69, 9.17) is 5.73 Å². The molecular weight excluding hydrogens is 294 g/mol. The maximum Gasteiger partial charge on any atom is 0.257 e. The highest BCUT2D eigenvalue weighted by Crippen LogP contribution is 2.20. The number of nitrogens with one attached hydrogen (secondary N) is 1. The lowest BCUT2D eigenvalue weighted by Crippen LogP contribution is -2.35. The predicted molar refractivity (Wildman–Crippen MR) is 80.5 cm³/mol. The van der Waals surface area contributed by atoms with Crippen molar-refractivity contribution in [2.24, 2.45) is 0 Å². The van der Waals surface area contributed by atoms with Gasteiger partial charge in [-0.1, -0.05) is 0 Å². The van der Waals surface area contributed by atoms with Crippen LogP contribution in [0.5, 0.6) is 0 Å². The Balaban J connectivity index is 2.09. The zero-order valence-electron chi connectivity index (χ0n) is 11.7. The molecule has 3 nitrogen and oxygen atoms in total. The first-order valence-corrected chi connectivity index (χ1v) is 7.29. The fraction of sp³-hybridized carbons (Fsp3) is 0.267. The highest BCUT2D eigenvalue weighted by atomic mass is 32.1. The molecule has 1 aromatic carbocycles. The predicted octanol–water partition coefficient (Wildman–Crippen LogP) is 3.28. The van der Waals surface area contributed by atoms with Crippen LogP contribution in [0.4, 0.5) is 14.5 Å². The molecule has 112 valence electrons. The van der Waals surface area contributed by atoms with Crippen LogP contribution in [0.1, 0.15) is 27.0 Å². The zero-order valence-corrected chi connectivity index (χ0v) is 12.6. The average Bonchev–Trinajstić information content (AvgIpc) is 2.79. The number of thiophene rings is 1. The van der Waals surface area contributed by atoms with Crippen LogP contribution in [0.15, 0.2) is 24.3 Å². The highest BCUT2D eigenvalue weighted by molar-refractivity contribution is 7.11. The second kappa shape index (κ2) is 6.22. The Labute approximate surface area is 125 Å². The van der Waals surface area contributed by atoms with Crippen LogP contribution in [-0.4, -0.2) is 11.9 Å². The van der Waals surface area contributed by atoms with Crippen molar-refractivity contribution in [3.05, 3.63) is 51.2 Å². The van der Waals surface area contributed by atoms with Gasteiger partial charge in [0.25, 0.3) is 5.91 Å². The van der Waals surface area contributed by atoms with Gasteiger partial charge in [0.15, 0.2) is 5.82 Å². The number of hydrogen-bond acceptors (Lipinski definition) is 3. The Hall–Kier alpha value is -1.95. The van der Waals surface area contributed by atoms with Gasteiger partial charge < -0.3 is 11.1 Å². The molecule has 0 aliphatic rings. The summed E-state index contributed by atoms with van der Waals surface area (Å²) in [6.45, 7) is 3.78. The molecule has 0 bridgehead atoms. The molecule has 1 aromatic heterocycles. The molecule has 1 atom stereocenters. The number of hydrogen-bond donors (Lipinski definition) is 2. The van der Waals surface area contributed by atoms with E-state index in [0.717, 1.165) is 17.0 Å². The molecule has 6 heteroatoms. The van der Waals surface area contributed by atoms with E-state index in [1.807, 2.05) is 19.1 Å². The molecule has 0 saturated heterocycles. The molecule has 1 unspecified atom stereocenters. The highest BCUT2D eigenvalue weighted by Gasteiger charge is 2.21. The summed E-state index contributed by atoms with van der Waals surface area (Å²) in [5.74, 6) is -2.73. The van der Waals surface area contributed by atoms with E-state index in [1.165, 1.54) is 4.88 Å². The molecule has 21 heavy (non-hydrogen) atoms. The maximum absolute atomic E-state index is 13.8. The summed E-state index contributed by atoms with van der Waals surface area (Å²) in [5.41, 5.74) is 4.48. The van der Waals surface area contributed by atoms with Gasteiger partial charge in [0.2, 0.25) is 0 Å². The Bertz CT molecular complexity index is 670. The van der Waals surface area contributed by atoms with Crippen LogP contribution in [0.2, 0.25) is 0 Å². The van der Waals surface area contributed by atoms with E-state index in [-0.39, 0.29) is 11.7 Å². The standard InChI is InChI=1S/C15H16F2N2OS/c1-8(7-10-4-3-9(2)21-10)19-15(20)13-11(16)5-6-12(18)14(13)17/h3-6,8H,7,18H2,1-2H3,(H,19,20). The zero-order chi connectivity index (χ0) is 15.6. The van der Waals surface area contributed by atoms with Crippen molar-refractivity contribution in [1.82, 2.24) is 5.32 Å². The first-order chi connectivity index (χ1) is 9.88. The lowest BCUT2D eigenvalue weighted by Gasteiger charge is -2.14. The molecule has 2 aromatic rings. The number of carbonyl (C=O) groups is 1. The minimum atomic E-state index is -1.02. The van der Waals surface area contributed by atoms with Gasteiger partial charge in [0.05, 0.1) is 5.69 Å². The van der Waals surface area contributed by atoms with Crippen molar-refractivity contribution in [2.75, 3.05) is 5.73 Å². The van der Waals surface area contributed by atoms with Crippen molar-refractivity contribution in [3.8, 4) is 0 Å². The Morgan fingerprint density at radius 1 is 1.33 bits per heavy atom. The molecule has 0 spiro atoms. The van der Waals surface area contributed by atoms with E-state index in [1.54, 1.807) is 18.3 Å². The smallest absolute Gasteiger partial charge is 0.257 e. The number of amides is 1. The van der Waals surface area contributed by atoms with Crippen molar-refractivity contribution in [3.63, 3.8) is 0 Å². The number of rotatable bonds is 4. The van der Waals surface area contributed by atoms with Crippen molar-refractivity contribution in [2.45, 2.75) is 26.3 Å². The molecular formula is C15H16F2N2OS. The van der Waals surface area contributed by atoms with Crippen LogP contribution in [0, 0.1) is 18.6 Å². The Morgan fingerprint density at radius 3 is 2.67 bits per heavy atom. The lowest BCUT2D eigenvalue weighted by atomic mass is 10.1. The van der Waals surface area contributed by atoms with Crippen molar-refractivity contribution < 1.29 is 13.6 Å². The third-order valence-electron chi connectivity index (χ3n) is 3.03. The van der Waals surface area contributed by atoms with E-state index in [0.29, 0.717) is 6.42 Å². The quantitative estimate of drug-likeness (QED) is 0.852. The topological polar surface area (TPSA) is 55.1 Å². The summed E-state index contributed by atoms with van der Waals surface area (Å²) < 4.78 is 27.4. The number of benzene rings is 1. The number of nitrogens with two attached hydrogens (primary N) is 1. The average molecular weight is 310 g/mol. The van der Waals surface area contributed by atoms with Gasteiger partial charge >= 0.3 is 0 Å². The normalized spacial score (nSPS) is 12.2. The van der Waals surface area contributed by atoms with Gasteiger partial charge in [0, 0.05) is 22.2 Å². The van der Waals surface area contributed by atoms with Gasteiger partial charge in [-0.3, -0.25) is 4.79 Å². The molecule has 1 heterocycles. The molecule has 1 amide bonds. The van der Waals surface area contributed by atoms with Gasteiger partial charge in [-0.15, -0.1) is 11.3 Å². The first kappa shape index (κ1) is 15.4. The summed E-state index contributed by atoms with van der Waals surface area (Å²) in [5, 5.41) is 2.59. The Morgan fingerprint density at radius 2 is 2.05 bits per heavy atom. The third-order valence-corrected chi connectivity index (χ3v) is 4.05. The number of nitrogen functional groups attached to an aromatic ring is 1. The largest absolute Gasteiger partial charge is 0.396 e. The second-order valence-electron chi connectivity index (χ2n) is 4.92. The molecule has 0 aliphatic heterocycles. The lowest BCUT2D eigenvalue weighted by molar-refractivity contribution is 0.0932. The SMILES string of the molecule is Cc1ccc(CC(C)NC(=O)c2c(F)ccc(N)c2F)s1. The van der Waals surface area contributed by atoms with Crippen LogP contribution in [-0.2, 0) is 6.42 Å². The van der Waals surface area contributed by atoms with Gasteiger partial charge in [0.1, 0.15) is 11.4 Å². The van der Waals surface area contributed by atoms with E-state index in [9.17, 15) is 13.6 Å². The fourth-order valence-electron chi connectivity index (χ4n) is 2.02. The first-order valence-electron chi connectivity index (χ1n) is 6.48. The second-order valence-corrected chi connectivity index (χ2v) is 6.29. The summed E-state index contributed by atoms with van der Waals surface area (Å²) in [6.07, 6.45) is 0.607. The number of aryl methyl sites for hydroxylation is 1. The molecule has 0 radical (unpaired) electrons. The third kappa shape index (κ3) is 3.58. The molecule has 2 rings (SSSR count). The van der Waals surface area contributed by atoms with Gasteiger partial charge in [-0.2, -0.15) is 0 Å². The van der Waals surface area contributed by atoms with Gasteiger partial charge in [-0.05, 0) is 38.1 Å². The van der Waals surface area contributed by atoms with Gasteiger partial charge in [-0.25, -0.2) is 8.78 Å². The Kier molecular flexibility index (Phi) is 4.57. The van der Waals surface area contributed by atoms with Crippen molar-refractivity contribution >= 4 is 22.9 Å². The summed E-state index contributed by atoms with van der Waals surface area (Å²) in [4.78, 5) is 14.3. The number of anilines is 1. The maximum atomic E-state index is 13.8. The summed E-state index contributed by atoms with van der Waals surface area (Å²) >= 11 is 1.63. The monoisotopic (exact) mass is 310 g/mol. The number of carbonyl (C=O) groups excluding carboxylic acids is 1. The van der Waals surface area contributed by atoms with E-state index in [2.05, 4.69) is 5.32 Å². The van der Waals surface area contributed by atoms with Crippen LogP contribution in [0.25, 0.3) is 0 Å².